The molecule has 1 atom stereocenters. The Morgan fingerprint density at radius 1 is 1.50 bits per heavy atom. The van der Waals surface area contributed by atoms with Crippen molar-refractivity contribution >= 4 is 23.5 Å². The molecule has 0 saturated heterocycles. The Balaban J connectivity index is 2.65. The van der Waals surface area contributed by atoms with Crippen LogP contribution >= 0.6 is 11.6 Å². The molecule has 1 aromatic heterocycles. The monoisotopic (exact) mass is 247 g/mol. The van der Waals surface area contributed by atoms with Crippen molar-refractivity contribution in [1.29, 1.82) is 0 Å². The van der Waals surface area contributed by atoms with E-state index in [0.717, 1.165) is 0 Å². The van der Waals surface area contributed by atoms with Crippen LogP contribution in [0, 0.1) is 0 Å². The van der Waals surface area contributed by atoms with Gasteiger partial charge in [-0.1, -0.05) is 0 Å². The van der Waals surface area contributed by atoms with Gasteiger partial charge in [-0.3, -0.25) is 4.79 Å². The van der Waals surface area contributed by atoms with E-state index in [2.05, 4.69) is 5.32 Å². The van der Waals surface area contributed by atoms with Gasteiger partial charge < -0.3 is 19.9 Å². The Hall–Kier alpha value is -1.53. The van der Waals surface area contributed by atoms with Crippen molar-refractivity contribution in [3.8, 4) is 0 Å². The third-order valence-corrected chi connectivity index (χ3v) is 2.02. The van der Waals surface area contributed by atoms with Crippen molar-refractivity contribution in [2.75, 3.05) is 6.61 Å². The molecule has 1 amide bonds. The van der Waals surface area contributed by atoms with Crippen LogP contribution in [0.5, 0.6) is 0 Å². The van der Waals surface area contributed by atoms with Crippen LogP contribution < -0.4 is 5.32 Å². The van der Waals surface area contributed by atoms with Gasteiger partial charge in [-0.15, -0.1) is 0 Å². The molecule has 6 nitrogen and oxygen atoms in total. The Labute approximate surface area is 95.8 Å². The second-order valence-electron chi connectivity index (χ2n) is 2.98. The SMILES string of the molecule is O=C(N[C@@H](CCO)C(=O)O)c1ccc(Cl)o1. The molecule has 1 rings (SSSR count). The fourth-order valence-electron chi connectivity index (χ4n) is 1.05. The molecule has 0 aliphatic carbocycles. The number of hydrogen-bond donors (Lipinski definition) is 3. The number of furan rings is 1. The zero-order chi connectivity index (χ0) is 12.1. The molecule has 16 heavy (non-hydrogen) atoms. The van der Waals surface area contributed by atoms with Gasteiger partial charge in [0, 0.05) is 13.0 Å². The van der Waals surface area contributed by atoms with Crippen LogP contribution in [0.4, 0.5) is 0 Å². The number of rotatable bonds is 5. The normalized spacial score (nSPS) is 12.1. The van der Waals surface area contributed by atoms with Crippen molar-refractivity contribution in [1.82, 2.24) is 5.32 Å². The summed E-state index contributed by atoms with van der Waals surface area (Å²) in [5, 5.41) is 19.6. The lowest BCUT2D eigenvalue weighted by Gasteiger charge is -2.11. The number of carbonyl (C=O) groups excluding carboxylic acids is 1. The maximum atomic E-state index is 11.4. The van der Waals surface area contributed by atoms with E-state index in [4.69, 9.17) is 26.2 Å². The van der Waals surface area contributed by atoms with Gasteiger partial charge in [0.25, 0.3) is 5.91 Å². The molecule has 0 radical (unpaired) electrons. The van der Waals surface area contributed by atoms with Crippen molar-refractivity contribution < 1.29 is 24.2 Å². The van der Waals surface area contributed by atoms with Gasteiger partial charge in [0.1, 0.15) is 6.04 Å². The van der Waals surface area contributed by atoms with E-state index in [1.54, 1.807) is 0 Å². The summed E-state index contributed by atoms with van der Waals surface area (Å²) in [5.41, 5.74) is 0. The minimum absolute atomic E-state index is 0.0409. The van der Waals surface area contributed by atoms with E-state index in [1.807, 2.05) is 0 Å². The first-order valence-corrected chi connectivity index (χ1v) is 4.82. The topological polar surface area (TPSA) is 99.8 Å². The molecular formula is C9H10ClNO5. The summed E-state index contributed by atoms with van der Waals surface area (Å²) in [6, 6.07) is 1.55. The summed E-state index contributed by atoms with van der Waals surface area (Å²) >= 11 is 5.46. The van der Waals surface area contributed by atoms with Crippen LogP contribution in [0.25, 0.3) is 0 Å². The summed E-state index contributed by atoms with van der Waals surface area (Å²) in [6.45, 7) is -0.337. The highest BCUT2D eigenvalue weighted by molar-refractivity contribution is 6.29. The number of carboxylic acid groups (broad SMARTS) is 1. The number of aliphatic carboxylic acids is 1. The van der Waals surface area contributed by atoms with Gasteiger partial charge in [0.15, 0.2) is 11.0 Å². The maximum absolute atomic E-state index is 11.4. The number of aliphatic hydroxyl groups is 1. The van der Waals surface area contributed by atoms with Crippen LogP contribution in [0.1, 0.15) is 17.0 Å². The van der Waals surface area contributed by atoms with E-state index in [-0.39, 0.29) is 24.0 Å². The summed E-state index contributed by atoms with van der Waals surface area (Å²) in [5.74, 6) is -1.98. The molecule has 0 saturated carbocycles. The fraction of sp³-hybridized carbons (Fsp3) is 0.333. The predicted octanol–water partition coefficient (Wildman–Crippen LogP) is 0.498. The Bertz CT molecular complexity index is 389. The van der Waals surface area contributed by atoms with Gasteiger partial charge >= 0.3 is 5.97 Å². The lowest BCUT2D eigenvalue weighted by molar-refractivity contribution is -0.139. The third-order valence-electron chi connectivity index (χ3n) is 1.82. The summed E-state index contributed by atoms with van der Waals surface area (Å²) in [6.07, 6.45) is -0.0739. The van der Waals surface area contributed by atoms with Gasteiger partial charge in [0.05, 0.1) is 0 Å². The highest BCUT2D eigenvalue weighted by Gasteiger charge is 2.21. The molecule has 1 heterocycles. The molecule has 3 N–H and O–H groups in total. The number of aliphatic hydroxyl groups excluding tert-OH is 1. The van der Waals surface area contributed by atoms with Crippen LogP contribution in [0.2, 0.25) is 5.22 Å². The van der Waals surface area contributed by atoms with Crippen LogP contribution in [-0.2, 0) is 4.79 Å². The first-order valence-electron chi connectivity index (χ1n) is 4.44. The van der Waals surface area contributed by atoms with E-state index >= 15 is 0 Å². The van der Waals surface area contributed by atoms with E-state index in [9.17, 15) is 9.59 Å². The number of amides is 1. The lowest BCUT2D eigenvalue weighted by atomic mass is 10.2. The zero-order valence-corrected chi connectivity index (χ0v) is 8.90. The van der Waals surface area contributed by atoms with Crippen LogP contribution in [0.15, 0.2) is 16.5 Å². The molecule has 0 aliphatic rings. The van der Waals surface area contributed by atoms with Gasteiger partial charge in [0.2, 0.25) is 0 Å². The van der Waals surface area contributed by atoms with Crippen molar-refractivity contribution in [2.24, 2.45) is 0 Å². The largest absolute Gasteiger partial charge is 0.480 e. The molecule has 0 unspecified atom stereocenters. The van der Waals surface area contributed by atoms with Gasteiger partial charge in [-0.05, 0) is 23.7 Å². The smallest absolute Gasteiger partial charge is 0.326 e. The van der Waals surface area contributed by atoms with Crippen LogP contribution in [-0.4, -0.2) is 34.7 Å². The number of halogens is 1. The second kappa shape index (κ2) is 5.53. The summed E-state index contributed by atoms with van der Waals surface area (Å²) < 4.78 is 4.80. The maximum Gasteiger partial charge on any atom is 0.326 e. The van der Waals surface area contributed by atoms with E-state index < -0.39 is 17.9 Å². The highest BCUT2D eigenvalue weighted by Crippen LogP contribution is 2.13. The molecule has 0 bridgehead atoms. The van der Waals surface area contributed by atoms with Crippen molar-refractivity contribution in [3.63, 3.8) is 0 Å². The summed E-state index contributed by atoms with van der Waals surface area (Å²) in [7, 11) is 0. The first-order chi connectivity index (χ1) is 7.54. The highest BCUT2D eigenvalue weighted by atomic mass is 35.5. The number of nitrogens with one attached hydrogen (secondary N) is 1. The lowest BCUT2D eigenvalue weighted by Crippen LogP contribution is -2.41. The Morgan fingerprint density at radius 2 is 2.19 bits per heavy atom. The Morgan fingerprint density at radius 3 is 2.62 bits per heavy atom. The molecule has 0 spiro atoms. The molecule has 7 heteroatoms. The molecule has 0 fully saturated rings. The molecule has 0 aromatic carbocycles. The third kappa shape index (κ3) is 3.25. The standard InChI is InChI=1S/C9H10ClNO5/c10-7-2-1-6(16-7)8(13)11-5(3-4-12)9(14)15/h1-2,5,12H,3-4H2,(H,11,13)(H,14,15)/t5-/m0/s1. The second-order valence-corrected chi connectivity index (χ2v) is 3.35. The average molecular weight is 248 g/mol. The zero-order valence-electron chi connectivity index (χ0n) is 8.14. The Kier molecular flexibility index (Phi) is 4.33. The van der Waals surface area contributed by atoms with E-state index in [0.29, 0.717) is 0 Å². The predicted molar refractivity (Wildman–Crippen MR) is 54.3 cm³/mol. The number of carbonyl (C=O) groups is 2. The van der Waals surface area contributed by atoms with E-state index in [1.165, 1.54) is 12.1 Å². The first kappa shape index (κ1) is 12.5. The minimum atomic E-state index is -1.22. The number of hydrogen-bond acceptors (Lipinski definition) is 4. The molecule has 88 valence electrons. The quantitative estimate of drug-likeness (QED) is 0.704. The van der Waals surface area contributed by atoms with Gasteiger partial charge in [-0.25, -0.2) is 4.79 Å². The van der Waals surface area contributed by atoms with Crippen molar-refractivity contribution in [2.45, 2.75) is 12.5 Å². The van der Waals surface area contributed by atoms with Crippen molar-refractivity contribution in [3.05, 3.63) is 23.1 Å². The number of carboxylic acids is 1. The molecular weight excluding hydrogens is 238 g/mol. The van der Waals surface area contributed by atoms with Gasteiger partial charge in [-0.2, -0.15) is 0 Å². The minimum Gasteiger partial charge on any atom is -0.480 e. The molecule has 1 aromatic rings. The van der Waals surface area contributed by atoms with Crippen LogP contribution in [0.3, 0.4) is 0 Å². The fourth-order valence-corrected chi connectivity index (χ4v) is 1.20. The summed E-state index contributed by atoms with van der Waals surface area (Å²) in [4.78, 5) is 22.1. The average Bonchev–Trinajstić information content (AvgIpc) is 2.64. The molecule has 0 aliphatic heterocycles.